The van der Waals surface area contributed by atoms with Crippen molar-refractivity contribution in [1.82, 2.24) is 5.32 Å². The molecule has 0 spiro atoms. The molecule has 4 aromatic rings. The van der Waals surface area contributed by atoms with Crippen LogP contribution >= 0.6 is 12.4 Å². The van der Waals surface area contributed by atoms with Crippen LogP contribution < -0.4 is 10.1 Å². The van der Waals surface area contributed by atoms with Crippen LogP contribution in [0.25, 0.3) is 10.8 Å². The molecule has 4 aromatic carbocycles. The number of aromatic carboxylic acids is 1. The van der Waals surface area contributed by atoms with Gasteiger partial charge in [0, 0.05) is 24.1 Å². The lowest BCUT2D eigenvalue weighted by Crippen LogP contribution is -2.37. The van der Waals surface area contributed by atoms with Gasteiger partial charge in [0.2, 0.25) is 0 Å². The first-order valence-electron chi connectivity index (χ1n) is 12.9. The molecule has 1 fully saturated rings. The molecule has 4 nitrogen and oxygen atoms in total. The Hall–Kier alpha value is -3.34. The SMILES string of the molecule is C[C@@H](NC[C@H]1C[C@@H](c2ccc(C3CC3)c(C(=O)O)c2)c2ccccc2O1)c1cccc2ccccc12.Cl. The minimum atomic E-state index is -0.832. The molecule has 3 atom stereocenters. The average Bonchev–Trinajstić information content (AvgIpc) is 3.76. The number of rotatable bonds is 7. The molecule has 0 unspecified atom stereocenters. The Morgan fingerprint density at radius 3 is 2.54 bits per heavy atom. The predicted octanol–water partition coefficient (Wildman–Crippen LogP) is 7.47. The van der Waals surface area contributed by atoms with Crippen molar-refractivity contribution in [2.45, 2.75) is 50.2 Å². The van der Waals surface area contributed by atoms with E-state index < -0.39 is 5.97 Å². The van der Waals surface area contributed by atoms with Crippen LogP contribution in [0.15, 0.2) is 84.9 Å². The minimum Gasteiger partial charge on any atom is -0.489 e. The third-order valence-electron chi connectivity index (χ3n) is 7.76. The first-order valence-corrected chi connectivity index (χ1v) is 12.9. The highest BCUT2D eigenvalue weighted by Gasteiger charge is 2.32. The number of carboxylic acid groups (broad SMARTS) is 1. The van der Waals surface area contributed by atoms with Gasteiger partial charge in [-0.1, -0.05) is 72.8 Å². The molecule has 6 rings (SSSR count). The van der Waals surface area contributed by atoms with E-state index >= 15 is 0 Å². The van der Waals surface area contributed by atoms with Crippen molar-refractivity contribution in [3.8, 4) is 5.75 Å². The fourth-order valence-corrected chi connectivity index (χ4v) is 5.71. The number of carboxylic acids is 1. The maximum atomic E-state index is 12.1. The fourth-order valence-electron chi connectivity index (χ4n) is 5.71. The number of fused-ring (bicyclic) bond motifs is 2. The summed E-state index contributed by atoms with van der Waals surface area (Å²) < 4.78 is 6.43. The second-order valence-electron chi connectivity index (χ2n) is 10.2. The average molecular weight is 514 g/mol. The molecule has 1 aliphatic heterocycles. The third kappa shape index (κ3) is 5.09. The summed E-state index contributed by atoms with van der Waals surface area (Å²) in [5.74, 6) is 0.559. The summed E-state index contributed by atoms with van der Waals surface area (Å²) in [6, 6.07) is 29.4. The first-order chi connectivity index (χ1) is 17.6. The summed E-state index contributed by atoms with van der Waals surface area (Å²) in [6.45, 7) is 2.91. The van der Waals surface area contributed by atoms with Crippen LogP contribution in [0.5, 0.6) is 5.75 Å². The first kappa shape index (κ1) is 25.3. The van der Waals surface area contributed by atoms with E-state index in [1.54, 1.807) is 0 Å². The maximum absolute atomic E-state index is 12.1. The number of nitrogens with one attached hydrogen (secondary N) is 1. The molecule has 1 aliphatic carbocycles. The topological polar surface area (TPSA) is 58.6 Å². The molecule has 190 valence electrons. The normalized spacial score (nSPS) is 19.4. The van der Waals surface area contributed by atoms with Gasteiger partial charge in [0.15, 0.2) is 0 Å². The molecule has 2 aliphatic rings. The summed E-state index contributed by atoms with van der Waals surface area (Å²) in [7, 11) is 0. The second kappa shape index (κ2) is 10.6. The van der Waals surface area contributed by atoms with E-state index in [2.05, 4.69) is 66.8 Å². The van der Waals surface area contributed by atoms with Crippen LogP contribution in [0.4, 0.5) is 0 Å². The van der Waals surface area contributed by atoms with Crippen molar-refractivity contribution >= 4 is 29.1 Å². The molecule has 0 aromatic heterocycles. The number of benzene rings is 4. The van der Waals surface area contributed by atoms with Gasteiger partial charge in [0.05, 0.1) is 5.56 Å². The van der Waals surface area contributed by atoms with Crippen LogP contribution in [0, 0.1) is 0 Å². The smallest absolute Gasteiger partial charge is 0.335 e. The molecule has 2 N–H and O–H groups in total. The number of halogens is 1. The fraction of sp³-hybridized carbons (Fsp3) is 0.281. The summed E-state index contributed by atoms with van der Waals surface area (Å²) >= 11 is 0. The molecule has 1 heterocycles. The van der Waals surface area contributed by atoms with E-state index in [1.165, 1.54) is 16.3 Å². The summed E-state index contributed by atoms with van der Waals surface area (Å²) in [4.78, 5) is 12.1. The zero-order valence-electron chi connectivity index (χ0n) is 20.9. The van der Waals surface area contributed by atoms with E-state index in [0.29, 0.717) is 18.0 Å². The van der Waals surface area contributed by atoms with Gasteiger partial charge < -0.3 is 15.2 Å². The summed E-state index contributed by atoms with van der Waals surface area (Å²) in [6.07, 6.45) is 2.96. The monoisotopic (exact) mass is 513 g/mol. The van der Waals surface area contributed by atoms with Gasteiger partial charge in [0.25, 0.3) is 0 Å². The lowest BCUT2D eigenvalue weighted by Gasteiger charge is -2.33. The Kier molecular flexibility index (Phi) is 7.23. The minimum absolute atomic E-state index is 0. The van der Waals surface area contributed by atoms with Crippen molar-refractivity contribution in [2.75, 3.05) is 6.54 Å². The van der Waals surface area contributed by atoms with Crippen molar-refractivity contribution < 1.29 is 14.6 Å². The maximum Gasteiger partial charge on any atom is 0.335 e. The van der Waals surface area contributed by atoms with Crippen LogP contribution in [0.1, 0.15) is 76.7 Å². The molecule has 0 bridgehead atoms. The number of para-hydroxylation sites is 1. The second-order valence-corrected chi connectivity index (χ2v) is 10.2. The highest BCUT2D eigenvalue weighted by atomic mass is 35.5. The Labute approximate surface area is 224 Å². The molecule has 0 amide bonds. The van der Waals surface area contributed by atoms with Crippen molar-refractivity contribution in [3.05, 3.63) is 113 Å². The lowest BCUT2D eigenvalue weighted by molar-refractivity contribution is 0.0695. The van der Waals surface area contributed by atoms with E-state index in [1.807, 2.05) is 30.3 Å². The van der Waals surface area contributed by atoms with E-state index in [4.69, 9.17) is 4.74 Å². The highest BCUT2D eigenvalue weighted by molar-refractivity contribution is 5.90. The highest BCUT2D eigenvalue weighted by Crippen LogP contribution is 2.45. The van der Waals surface area contributed by atoms with Gasteiger partial charge in [-0.3, -0.25) is 0 Å². The molecule has 0 saturated heterocycles. The molecule has 1 saturated carbocycles. The standard InChI is InChI=1S/C32H31NO3.ClH/c1-20(25-11-6-8-21-7-2-3-9-26(21)25)33-19-24-18-29(28-10-4-5-12-31(28)36-24)23-15-16-27(22-13-14-22)30(17-23)32(34)35;/h2-12,15-17,20,22,24,29,33H,13-14,18-19H2,1H3,(H,34,35);1H/t20-,24-,29+;/m1./s1. The number of hydrogen-bond acceptors (Lipinski definition) is 3. The van der Waals surface area contributed by atoms with Gasteiger partial charge in [0.1, 0.15) is 11.9 Å². The van der Waals surface area contributed by atoms with E-state index in [-0.39, 0.29) is 30.5 Å². The summed E-state index contributed by atoms with van der Waals surface area (Å²) in [5.41, 5.74) is 4.90. The quantitative estimate of drug-likeness (QED) is 0.269. The Bertz CT molecular complexity index is 1430. The van der Waals surface area contributed by atoms with Gasteiger partial charge in [-0.2, -0.15) is 0 Å². The third-order valence-corrected chi connectivity index (χ3v) is 7.76. The summed E-state index contributed by atoms with van der Waals surface area (Å²) in [5, 5.41) is 16.1. The Morgan fingerprint density at radius 1 is 0.973 bits per heavy atom. The Balaban J connectivity index is 0.00000280. The lowest BCUT2D eigenvalue weighted by atomic mass is 9.82. The van der Waals surface area contributed by atoms with Gasteiger partial charge in [-0.15, -0.1) is 12.4 Å². The molecular formula is C32H32ClNO3. The van der Waals surface area contributed by atoms with E-state index in [0.717, 1.165) is 41.7 Å². The molecule has 0 radical (unpaired) electrons. The zero-order chi connectivity index (χ0) is 24.6. The van der Waals surface area contributed by atoms with Crippen LogP contribution in [0.3, 0.4) is 0 Å². The predicted molar refractivity (Wildman–Crippen MR) is 150 cm³/mol. The molecule has 5 heteroatoms. The number of carbonyl (C=O) groups is 1. The van der Waals surface area contributed by atoms with Gasteiger partial charge in [-0.05, 0) is 71.7 Å². The zero-order valence-corrected chi connectivity index (χ0v) is 21.7. The van der Waals surface area contributed by atoms with Crippen LogP contribution in [-0.2, 0) is 0 Å². The van der Waals surface area contributed by atoms with Gasteiger partial charge in [-0.25, -0.2) is 4.79 Å². The largest absolute Gasteiger partial charge is 0.489 e. The van der Waals surface area contributed by atoms with Crippen molar-refractivity contribution in [1.29, 1.82) is 0 Å². The van der Waals surface area contributed by atoms with Crippen LogP contribution in [-0.4, -0.2) is 23.7 Å². The number of hydrogen-bond donors (Lipinski definition) is 2. The Morgan fingerprint density at radius 2 is 1.73 bits per heavy atom. The van der Waals surface area contributed by atoms with E-state index in [9.17, 15) is 9.90 Å². The number of ether oxygens (including phenoxy) is 1. The van der Waals surface area contributed by atoms with Gasteiger partial charge >= 0.3 is 5.97 Å². The van der Waals surface area contributed by atoms with Crippen molar-refractivity contribution in [3.63, 3.8) is 0 Å². The van der Waals surface area contributed by atoms with Crippen molar-refractivity contribution in [2.24, 2.45) is 0 Å². The molecular weight excluding hydrogens is 482 g/mol. The molecule has 37 heavy (non-hydrogen) atoms. The van der Waals surface area contributed by atoms with Crippen LogP contribution in [0.2, 0.25) is 0 Å².